The molecule has 0 amide bonds. The maximum atomic E-state index is 5.81. The molecule has 1 saturated heterocycles. The first-order chi connectivity index (χ1) is 9.27. The largest absolute Gasteiger partial charge is 0.385 e. The van der Waals surface area contributed by atoms with Crippen LogP contribution >= 0.6 is 0 Å². The highest BCUT2D eigenvalue weighted by Crippen LogP contribution is 2.27. The van der Waals surface area contributed by atoms with Gasteiger partial charge in [-0.25, -0.2) is 0 Å². The van der Waals surface area contributed by atoms with Crippen LogP contribution in [0.1, 0.15) is 37.3 Å². The molecule has 1 aromatic carbocycles. The van der Waals surface area contributed by atoms with E-state index < -0.39 is 0 Å². The molecule has 1 unspecified atom stereocenters. The minimum Gasteiger partial charge on any atom is -0.385 e. The maximum absolute atomic E-state index is 5.81. The highest BCUT2D eigenvalue weighted by molar-refractivity contribution is 5.59. The van der Waals surface area contributed by atoms with Gasteiger partial charge in [-0.2, -0.15) is 0 Å². The number of aryl methyl sites for hydroxylation is 1. The minimum atomic E-state index is 0.0439. The van der Waals surface area contributed by atoms with Gasteiger partial charge in [-0.1, -0.05) is 18.2 Å². The normalized spacial score (nSPS) is 25.9. The Hall–Kier alpha value is -1.06. The number of benzene rings is 1. The van der Waals surface area contributed by atoms with Crippen molar-refractivity contribution in [2.75, 3.05) is 25.0 Å². The van der Waals surface area contributed by atoms with Crippen molar-refractivity contribution < 1.29 is 4.74 Å². The summed E-state index contributed by atoms with van der Waals surface area (Å²) >= 11 is 0. The second kappa shape index (κ2) is 5.51. The predicted octanol–water partition coefficient (Wildman–Crippen LogP) is 2.70. The number of para-hydroxylation sites is 1. The average Bonchev–Trinajstić information content (AvgIpc) is 2.86. The van der Waals surface area contributed by atoms with E-state index in [0.29, 0.717) is 0 Å². The van der Waals surface area contributed by atoms with Gasteiger partial charge in [-0.3, -0.25) is 0 Å². The lowest BCUT2D eigenvalue weighted by atomic mass is 9.99. The fraction of sp³-hybridized carbons (Fsp3) is 0.625. The lowest BCUT2D eigenvalue weighted by Crippen LogP contribution is -2.37. The third kappa shape index (κ3) is 2.93. The molecule has 3 nitrogen and oxygen atoms in total. The van der Waals surface area contributed by atoms with Gasteiger partial charge in [0.25, 0.3) is 0 Å². The van der Waals surface area contributed by atoms with Gasteiger partial charge in [0.2, 0.25) is 0 Å². The molecule has 1 atom stereocenters. The number of hydrogen-bond acceptors (Lipinski definition) is 3. The van der Waals surface area contributed by atoms with Crippen molar-refractivity contribution in [3.05, 3.63) is 29.3 Å². The Kier molecular flexibility index (Phi) is 3.76. The zero-order valence-corrected chi connectivity index (χ0v) is 11.8. The molecule has 3 rings (SSSR count). The van der Waals surface area contributed by atoms with Crippen LogP contribution in [0.15, 0.2) is 18.2 Å². The lowest BCUT2D eigenvalue weighted by molar-refractivity contribution is 0.0207. The van der Waals surface area contributed by atoms with E-state index in [1.165, 1.54) is 42.5 Å². The first kappa shape index (κ1) is 12.9. The zero-order chi connectivity index (χ0) is 13.1. The Morgan fingerprint density at radius 3 is 3.16 bits per heavy atom. The highest BCUT2D eigenvalue weighted by Gasteiger charge is 2.29. The van der Waals surface area contributed by atoms with E-state index in [1.807, 2.05) is 0 Å². The number of anilines is 1. The summed E-state index contributed by atoms with van der Waals surface area (Å²) in [7, 11) is 0. The Morgan fingerprint density at radius 1 is 1.37 bits per heavy atom. The smallest absolute Gasteiger partial charge is 0.0779 e. The SMILES string of the molecule is CC1(CNCc2cccc3c2NCCC3)CCCO1. The second-order valence-electron chi connectivity index (χ2n) is 5.99. The molecular weight excluding hydrogens is 236 g/mol. The summed E-state index contributed by atoms with van der Waals surface area (Å²) in [6.45, 7) is 6.10. The van der Waals surface area contributed by atoms with Crippen molar-refractivity contribution in [1.29, 1.82) is 0 Å². The van der Waals surface area contributed by atoms with Crippen LogP contribution in [0.25, 0.3) is 0 Å². The van der Waals surface area contributed by atoms with Crippen LogP contribution in [-0.2, 0) is 17.7 Å². The number of hydrogen-bond donors (Lipinski definition) is 2. The molecule has 104 valence electrons. The molecule has 2 aliphatic rings. The van der Waals surface area contributed by atoms with Crippen molar-refractivity contribution in [1.82, 2.24) is 5.32 Å². The maximum Gasteiger partial charge on any atom is 0.0779 e. The topological polar surface area (TPSA) is 33.3 Å². The summed E-state index contributed by atoms with van der Waals surface area (Å²) in [5, 5.41) is 7.12. The van der Waals surface area contributed by atoms with Crippen molar-refractivity contribution in [2.24, 2.45) is 0 Å². The fourth-order valence-electron chi connectivity index (χ4n) is 3.17. The summed E-state index contributed by atoms with van der Waals surface area (Å²) in [5.41, 5.74) is 4.26. The zero-order valence-electron chi connectivity index (χ0n) is 11.8. The van der Waals surface area contributed by atoms with E-state index in [2.05, 4.69) is 35.8 Å². The molecule has 19 heavy (non-hydrogen) atoms. The molecule has 0 spiro atoms. The summed E-state index contributed by atoms with van der Waals surface area (Å²) in [6, 6.07) is 6.64. The number of rotatable bonds is 4. The molecule has 2 N–H and O–H groups in total. The Morgan fingerprint density at radius 2 is 2.32 bits per heavy atom. The molecule has 3 heteroatoms. The van der Waals surface area contributed by atoms with Crippen LogP contribution < -0.4 is 10.6 Å². The van der Waals surface area contributed by atoms with Crippen molar-refractivity contribution >= 4 is 5.69 Å². The van der Waals surface area contributed by atoms with Gasteiger partial charge in [0.05, 0.1) is 5.60 Å². The third-order valence-electron chi connectivity index (χ3n) is 4.28. The first-order valence-electron chi connectivity index (χ1n) is 7.46. The molecule has 0 aromatic heterocycles. The van der Waals surface area contributed by atoms with Crippen LogP contribution in [-0.4, -0.2) is 25.3 Å². The number of ether oxygens (including phenoxy) is 1. The van der Waals surface area contributed by atoms with E-state index in [4.69, 9.17) is 4.74 Å². The predicted molar refractivity (Wildman–Crippen MR) is 78.6 cm³/mol. The molecule has 1 fully saturated rings. The van der Waals surface area contributed by atoms with Gasteiger partial charge in [0.1, 0.15) is 0 Å². The van der Waals surface area contributed by atoms with Gasteiger partial charge in [-0.15, -0.1) is 0 Å². The van der Waals surface area contributed by atoms with Crippen molar-refractivity contribution in [3.8, 4) is 0 Å². The van der Waals surface area contributed by atoms with Gasteiger partial charge >= 0.3 is 0 Å². The molecule has 0 radical (unpaired) electrons. The van der Waals surface area contributed by atoms with Crippen LogP contribution in [0.3, 0.4) is 0 Å². The number of nitrogens with one attached hydrogen (secondary N) is 2. The summed E-state index contributed by atoms with van der Waals surface area (Å²) in [5.74, 6) is 0. The summed E-state index contributed by atoms with van der Waals surface area (Å²) in [4.78, 5) is 0. The van der Waals surface area contributed by atoms with E-state index >= 15 is 0 Å². The first-order valence-corrected chi connectivity index (χ1v) is 7.46. The Balaban J connectivity index is 1.61. The van der Waals surface area contributed by atoms with Crippen molar-refractivity contribution in [2.45, 2.75) is 44.8 Å². The molecule has 0 saturated carbocycles. The summed E-state index contributed by atoms with van der Waals surface area (Å²) < 4.78 is 5.81. The van der Waals surface area contributed by atoms with Gasteiger partial charge in [0, 0.05) is 31.9 Å². The van der Waals surface area contributed by atoms with Gasteiger partial charge in [0.15, 0.2) is 0 Å². The molecular formula is C16H24N2O. The van der Waals surface area contributed by atoms with E-state index in [-0.39, 0.29) is 5.60 Å². The number of fused-ring (bicyclic) bond motifs is 1. The van der Waals surface area contributed by atoms with E-state index in [9.17, 15) is 0 Å². The van der Waals surface area contributed by atoms with Crippen LogP contribution in [0.4, 0.5) is 5.69 Å². The minimum absolute atomic E-state index is 0.0439. The molecule has 0 bridgehead atoms. The van der Waals surface area contributed by atoms with Crippen LogP contribution in [0.5, 0.6) is 0 Å². The van der Waals surface area contributed by atoms with E-state index in [0.717, 1.165) is 26.2 Å². The lowest BCUT2D eigenvalue weighted by Gasteiger charge is -2.25. The third-order valence-corrected chi connectivity index (χ3v) is 4.28. The quantitative estimate of drug-likeness (QED) is 0.873. The Bertz CT molecular complexity index is 438. The molecule has 2 heterocycles. The summed E-state index contributed by atoms with van der Waals surface area (Å²) in [6.07, 6.45) is 4.82. The molecule has 1 aromatic rings. The standard InChI is InChI=1S/C16H24N2O/c1-16(8-4-10-19-16)12-17-11-14-6-2-5-13-7-3-9-18-15(13)14/h2,5-6,17-18H,3-4,7-12H2,1H3. The average molecular weight is 260 g/mol. The van der Waals surface area contributed by atoms with Crippen LogP contribution in [0, 0.1) is 0 Å². The molecule has 2 aliphatic heterocycles. The Labute approximate surface area is 115 Å². The van der Waals surface area contributed by atoms with Crippen molar-refractivity contribution in [3.63, 3.8) is 0 Å². The monoisotopic (exact) mass is 260 g/mol. The molecule has 0 aliphatic carbocycles. The highest BCUT2D eigenvalue weighted by atomic mass is 16.5. The fourth-order valence-corrected chi connectivity index (χ4v) is 3.17. The second-order valence-corrected chi connectivity index (χ2v) is 5.99. The van der Waals surface area contributed by atoms with Gasteiger partial charge < -0.3 is 15.4 Å². The van der Waals surface area contributed by atoms with Crippen LogP contribution in [0.2, 0.25) is 0 Å². The van der Waals surface area contributed by atoms with E-state index in [1.54, 1.807) is 0 Å². The van der Waals surface area contributed by atoms with Gasteiger partial charge in [-0.05, 0) is 43.7 Å².